The number of benzene rings is 1. The Morgan fingerprint density at radius 3 is 0.812 bits per heavy atom. The van der Waals surface area contributed by atoms with Crippen molar-refractivity contribution in [1.29, 1.82) is 0 Å². The van der Waals surface area contributed by atoms with Gasteiger partial charge in [-0.2, -0.15) is 0 Å². The van der Waals surface area contributed by atoms with E-state index >= 15 is 0 Å². The maximum absolute atomic E-state index is 5.72. The molecular weight excluding hydrogens is 750 g/mol. The van der Waals surface area contributed by atoms with E-state index in [9.17, 15) is 0 Å². The van der Waals surface area contributed by atoms with E-state index in [1.54, 1.807) is 154 Å². The predicted molar refractivity (Wildman–Crippen MR) is 217 cm³/mol. The van der Waals surface area contributed by atoms with Crippen molar-refractivity contribution >= 4 is 35.2 Å². The molecule has 0 nitrogen and oxygen atoms in total. The van der Waals surface area contributed by atoms with Crippen LogP contribution in [-0.2, 0) is 19.0 Å². The molecule has 1 aromatic rings. The van der Waals surface area contributed by atoms with E-state index in [0.29, 0.717) is 15.8 Å². The molecule has 277 valence electrons. The summed E-state index contributed by atoms with van der Waals surface area (Å²) in [6.45, 7) is 0. The van der Waals surface area contributed by atoms with Gasteiger partial charge in [0.15, 0.2) is 0 Å². The Kier molecular flexibility index (Phi) is 20.1. The number of hydrogen-bond donors (Lipinski definition) is 0. The van der Waals surface area contributed by atoms with E-state index in [0.717, 1.165) is 5.02 Å². The zero-order valence-corrected chi connectivity index (χ0v) is 35.8. The second kappa shape index (κ2) is 23.8. The fraction of sp³-hybridized carbons (Fsp3) is 0.860. The van der Waals surface area contributed by atoms with Gasteiger partial charge in [-0.25, -0.2) is 0 Å². The van der Waals surface area contributed by atoms with Crippen LogP contribution in [0.1, 0.15) is 198 Å². The first-order valence-corrected chi connectivity index (χ1v) is 30.0. The van der Waals surface area contributed by atoms with Crippen LogP contribution < -0.4 is 0 Å². The van der Waals surface area contributed by atoms with Crippen LogP contribution in [0, 0.1) is 0 Å². The molecule has 0 unspecified atom stereocenters. The number of hydrogen-bond acceptors (Lipinski definition) is 0. The molecule has 0 aromatic heterocycles. The second-order valence-corrected chi connectivity index (χ2v) is 29.1. The van der Waals surface area contributed by atoms with Gasteiger partial charge in [-0.3, -0.25) is 0 Å². The van der Waals surface area contributed by atoms with Crippen molar-refractivity contribution in [2.75, 3.05) is 0 Å². The van der Waals surface area contributed by atoms with Crippen molar-refractivity contribution in [3.05, 3.63) is 35.9 Å². The molecule has 6 aliphatic carbocycles. The summed E-state index contributed by atoms with van der Waals surface area (Å²) in [5.41, 5.74) is 8.38. The normalized spacial score (nSPS) is 25.2. The summed E-state index contributed by atoms with van der Waals surface area (Å²) in [4.78, 5) is 0. The molecule has 0 heterocycles. The van der Waals surface area contributed by atoms with Gasteiger partial charge in [0.25, 0.3) is 0 Å². The zero-order chi connectivity index (χ0) is 33.2. The van der Waals surface area contributed by atoms with E-state index in [2.05, 4.69) is 0 Å². The monoisotopic (exact) mass is 823 g/mol. The minimum atomic E-state index is -1.49. The number of halogens is 2. The third-order valence-electron chi connectivity index (χ3n) is 13.1. The molecular formula is C43H73Cl2P2Ru. The van der Waals surface area contributed by atoms with Crippen molar-refractivity contribution in [2.24, 2.45) is 0 Å². The molecule has 48 heavy (non-hydrogen) atoms. The molecule has 6 aliphatic rings. The standard InChI is InChI=1S/2C18H33P.C7H7.2ClH.Ru/c2*1-4-10-16(11-5-1)19(17-12-6-2-7-13-17)18-14-8-3-9-15-18;1-7-5-3-2-4-6-7;;;/h2*16-18H,1-15H2;2-6H,1H2;2*1H;/q;;;;;+2/p-2. The summed E-state index contributed by atoms with van der Waals surface area (Å²) in [6, 6.07) is 10.1. The summed E-state index contributed by atoms with van der Waals surface area (Å²) >= 11 is -1.49. The Labute approximate surface area is 314 Å². The third kappa shape index (κ3) is 13.9. The van der Waals surface area contributed by atoms with Crippen molar-refractivity contribution < 1.29 is 14.0 Å². The van der Waals surface area contributed by atoms with Crippen LogP contribution in [-0.4, -0.2) is 34.0 Å². The van der Waals surface area contributed by atoms with Crippen LogP contribution in [0.3, 0.4) is 0 Å². The van der Waals surface area contributed by atoms with Gasteiger partial charge >= 0.3 is 74.3 Å². The van der Waals surface area contributed by atoms with E-state index in [1.807, 2.05) is 30.3 Å². The molecule has 0 radical (unpaired) electrons. The Morgan fingerprint density at radius 2 is 0.604 bits per heavy atom. The zero-order valence-electron chi connectivity index (χ0n) is 30.8. The summed E-state index contributed by atoms with van der Waals surface area (Å²) < 4.78 is 0. The number of rotatable bonds is 8. The molecule has 0 saturated heterocycles. The van der Waals surface area contributed by atoms with Crippen LogP contribution in [0.5, 0.6) is 0 Å². The van der Waals surface area contributed by atoms with Crippen LogP contribution in [0.2, 0.25) is 0 Å². The SMILES string of the molecule is C1CCC(P(C2CCCCC2)C2CCCCC2)CC1.C1CCC(P(C2CCCCC2)C2CCCCC2)CC1.[Cl][Ru]([Cl])[CH2]c1ccccc1. The van der Waals surface area contributed by atoms with E-state index in [1.165, 1.54) is 78.0 Å². The van der Waals surface area contributed by atoms with Crippen molar-refractivity contribution in [1.82, 2.24) is 0 Å². The molecule has 0 aliphatic heterocycles. The summed E-state index contributed by atoms with van der Waals surface area (Å²) in [6.07, 6.45) is 47.2. The van der Waals surface area contributed by atoms with E-state index < -0.39 is 14.0 Å². The van der Waals surface area contributed by atoms with Gasteiger partial charge in [-0.15, -0.1) is 0 Å². The summed E-state index contributed by atoms with van der Waals surface area (Å²) in [5, 5.41) is 0.869. The van der Waals surface area contributed by atoms with Gasteiger partial charge in [-0.05, 0) is 111 Å². The van der Waals surface area contributed by atoms with Crippen molar-refractivity contribution in [3.8, 4) is 0 Å². The Hall–Kier alpha value is 1.28. The molecule has 7 rings (SSSR count). The van der Waals surface area contributed by atoms with E-state index in [-0.39, 0.29) is 0 Å². The van der Waals surface area contributed by atoms with Gasteiger partial charge in [-0.1, -0.05) is 131 Å². The summed E-state index contributed by atoms with van der Waals surface area (Å²) in [7, 11) is 12.2. The molecule has 1 aromatic carbocycles. The Balaban J connectivity index is 0.000000148. The molecule has 0 amide bonds. The average Bonchev–Trinajstić information content (AvgIpc) is 3.15. The third-order valence-corrected chi connectivity index (χ3v) is 23.5. The van der Waals surface area contributed by atoms with Crippen LogP contribution in [0.25, 0.3) is 0 Å². The second-order valence-electron chi connectivity index (χ2n) is 16.5. The van der Waals surface area contributed by atoms with E-state index in [4.69, 9.17) is 19.4 Å². The topological polar surface area (TPSA) is 0 Å². The first-order chi connectivity index (χ1) is 23.7. The predicted octanol–water partition coefficient (Wildman–Crippen LogP) is 16.0. The fourth-order valence-electron chi connectivity index (χ4n) is 10.7. The Morgan fingerprint density at radius 1 is 0.375 bits per heavy atom. The van der Waals surface area contributed by atoms with Crippen LogP contribution >= 0.6 is 35.2 Å². The first kappa shape index (κ1) is 40.5. The molecule has 0 spiro atoms. The summed E-state index contributed by atoms with van der Waals surface area (Å²) in [5.74, 6) is 0. The van der Waals surface area contributed by atoms with Crippen LogP contribution in [0.15, 0.2) is 30.3 Å². The van der Waals surface area contributed by atoms with Crippen molar-refractivity contribution in [2.45, 2.75) is 232 Å². The fourth-order valence-corrected chi connectivity index (χ4v) is 22.3. The van der Waals surface area contributed by atoms with Crippen LogP contribution in [0.4, 0.5) is 0 Å². The van der Waals surface area contributed by atoms with Gasteiger partial charge in [0.05, 0.1) is 0 Å². The average molecular weight is 824 g/mol. The minimum absolute atomic E-state index is 0.385. The molecule has 0 N–H and O–H groups in total. The Bertz CT molecular complexity index is 786. The van der Waals surface area contributed by atoms with Gasteiger partial charge in [0.2, 0.25) is 0 Å². The van der Waals surface area contributed by atoms with Crippen molar-refractivity contribution in [3.63, 3.8) is 0 Å². The van der Waals surface area contributed by atoms with Gasteiger partial charge in [0.1, 0.15) is 0 Å². The van der Waals surface area contributed by atoms with Gasteiger partial charge < -0.3 is 0 Å². The van der Waals surface area contributed by atoms with Gasteiger partial charge in [0, 0.05) is 0 Å². The molecule has 6 fully saturated rings. The molecule has 5 heteroatoms. The molecule has 6 saturated carbocycles. The first-order valence-electron chi connectivity index (χ1n) is 21.2. The molecule has 0 atom stereocenters. The maximum atomic E-state index is 5.72. The quantitative estimate of drug-likeness (QED) is 0.181. The molecule has 0 bridgehead atoms.